The number of esters is 2. The fourth-order valence-corrected chi connectivity index (χ4v) is 1.98. The second-order valence-corrected chi connectivity index (χ2v) is 4.87. The van der Waals surface area contributed by atoms with Crippen LogP contribution in [0.2, 0.25) is 0 Å². The normalized spacial score (nSPS) is 10.1. The highest BCUT2D eigenvalue weighted by Crippen LogP contribution is 2.25. The van der Waals surface area contributed by atoms with Crippen LogP contribution in [0.3, 0.4) is 0 Å². The Morgan fingerprint density at radius 2 is 1.07 bits per heavy atom. The van der Waals surface area contributed by atoms with Crippen LogP contribution in [-0.2, 0) is 9.47 Å². The van der Waals surface area contributed by atoms with Crippen LogP contribution in [0.4, 0.5) is 17.6 Å². The summed E-state index contributed by atoms with van der Waals surface area (Å²) >= 11 is 0. The molecule has 2 aromatic carbocycles. The Balaban J connectivity index is 2.11. The molecule has 0 saturated carbocycles. The van der Waals surface area contributed by atoms with Crippen molar-refractivity contribution in [2.24, 2.45) is 0 Å². The molecule has 0 aliphatic rings. The lowest BCUT2D eigenvalue weighted by atomic mass is 10.1. The summed E-state index contributed by atoms with van der Waals surface area (Å²) < 4.78 is 73.5. The Morgan fingerprint density at radius 3 is 1.41 bits per heavy atom. The average Bonchev–Trinajstić information content (AvgIpc) is 2.67. The van der Waals surface area contributed by atoms with Gasteiger partial charge < -0.3 is 18.8 Å². The topological polar surface area (TPSA) is 71.1 Å². The van der Waals surface area contributed by atoms with Crippen molar-refractivity contribution < 1.29 is 45.9 Å². The first-order chi connectivity index (χ1) is 12.8. The van der Waals surface area contributed by atoms with Crippen LogP contribution in [0.15, 0.2) is 24.3 Å². The van der Waals surface area contributed by atoms with Gasteiger partial charge in [0.25, 0.3) is 0 Å². The number of hydrogen-bond donors (Lipinski definition) is 0. The zero-order valence-corrected chi connectivity index (χ0v) is 14.0. The van der Waals surface area contributed by atoms with Crippen LogP contribution < -0.4 is 9.31 Å². The van der Waals surface area contributed by atoms with Crippen molar-refractivity contribution in [3.63, 3.8) is 0 Å². The molecule has 0 amide bonds. The van der Waals surface area contributed by atoms with Gasteiger partial charge in [0.05, 0.1) is 25.3 Å². The lowest BCUT2D eigenvalue weighted by molar-refractivity contribution is 0.0585. The van der Waals surface area contributed by atoms with Gasteiger partial charge in [0, 0.05) is 0 Å². The van der Waals surface area contributed by atoms with Crippen LogP contribution in [0.25, 0.3) is 0 Å². The van der Waals surface area contributed by atoms with E-state index in [4.69, 9.17) is 9.31 Å². The minimum Gasteiger partial charge on any atom is -0.526 e. The zero-order chi connectivity index (χ0) is 20.1. The van der Waals surface area contributed by atoms with Gasteiger partial charge in [-0.25, -0.2) is 18.4 Å². The Morgan fingerprint density at radius 1 is 0.704 bits per heavy atom. The first kappa shape index (κ1) is 20.1. The second-order valence-electron chi connectivity index (χ2n) is 4.87. The molecule has 0 spiro atoms. The van der Waals surface area contributed by atoms with Crippen molar-refractivity contribution in [3.8, 4) is 11.5 Å². The fourth-order valence-electron chi connectivity index (χ4n) is 1.98. The molecule has 0 N–H and O–H groups in total. The van der Waals surface area contributed by atoms with E-state index in [1.807, 2.05) is 0 Å². The predicted molar refractivity (Wildman–Crippen MR) is 83.8 cm³/mol. The lowest BCUT2D eigenvalue weighted by Crippen LogP contribution is -2.15. The minimum absolute atomic E-state index is 0.632. The largest absolute Gasteiger partial charge is 0.576 e. The number of carbonyl (C=O) groups is 2. The lowest BCUT2D eigenvalue weighted by Gasteiger charge is -2.11. The molecule has 0 aliphatic heterocycles. The van der Waals surface area contributed by atoms with E-state index in [-0.39, 0.29) is 0 Å². The molecule has 0 heterocycles. The molecule has 0 unspecified atom stereocenters. The molecule has 0 bridgehead atoms. The molecule has 142 valence electrons. The molecule has 0 radical (unpaired) electrons. The number of rotatable bonds is 6. The monoisotopic (exact) mass is 386 g/mol. The van der Waals surface area contributed by atoms with Crippen LogP contribution >= 0.6 is 0 Å². The molecular weight excluding hydrogens is 375 g/mol. The molecule has 11 heteroatoms. The molecule has 27 heavy (non-hydrogen) atoms. The number of halogens is 4. The summed E-state index contributed by atoms with van der Waals surface area (Å²) in [4.78, 5) is 22.5. The van der Waals surface area contributed by atoms with Crippen molar-refractivity contribution in [1.82, 2.24) is 0 Å². The van der Waals surface area contributed by atoms with E-state index < -0.39 is 65.5 Å². The minimum atomic E-state index is -1.50. The number of carbonyl (C=O) groups excluding carboxylic acids is 2. The summed E-state index contributed by atoms with van der Waals surface area (Å²) in [6.45, 7) is 0. The highest BCUT2D eigenvalue weighted by Gasteiger charge is 2.22. The summed E-state index contributed by atoms with van der Waals surface area (Å²) in [5, 5.41) is 0. The van der Waals surface area contributed by atoms with E-state index in [1.165, 1.54) is 0 Å². The predicted octanol–water partition coefficient (Wildman–Crippen LogP) is 2.54. The zero-order valence-electron chi connectivity index (χ0n) is 14.0. The van der Waals surface area contributed by atoms with Crippen LogP contribution in [0.1, 0.15) is 20.7 Å². The van der Waals surface area contributed by atoms with E-state index in [2.05, 4.69) is 9.47 Å². The van der Waals surface area contributed by atoms with Gasteiger partial charge in [0.2, 0.25) is 0 Å². The summed E-state index contributed by atoms with van der Waals surface area (Å²) in [5.74, 6) is -9.42. The maximum atomic E-state index is 13.9. The third kappa shape index (κ3) is 4.13. The molecule has 0 atom stereocenters. The van der Waals surface area contributed by atoms with Gasteiger partial charge in [-0.15, -0.1) is 0 Å². The molecule has 6 nitrogen and oxygen atoms in total. The van der Waals surface area contributed by atoms with E-state index in [1.54, 1.807) is 0 Å². The maximum absolute atomic E-state index is 13.9. The van der Waals surface area contributed by atoms with Gasteiger partial charge in [0.1, 0.15) is 11.5 Å². The summed E-state index contributed by atoms with van der Waals surface area (Å²) in [6, 6.07) is 3.71. The first-order valence-electron chi connectivity index (χ1n) is 7.20. The van der Waals surface area contributed by atoms with E-state index in [0.29, 0.717) is 0 Å². The molecule has 0 aliphatic carbocycles. The van der Waals surface area contributed by atoms with Gasteiger partial charge >= 0.3 is 19.6 Å². The molecule has 2 rings (SSSR count). The van der Waals surface area contributed by atoms with Gasteiger partial charge in [-0.1, -0.05) is 0 Å². The standard InChI is InChI=1S/C16H11BF4O6/c1-24-15(22)7-3-5-9(13(20)11(7)18)26-17-27-10-6-4-8(16(23)25-2)12(19)14(10)21/h3-6,17H,1-2H3. The van der Waals surface area contributed by atoms with Crippen molar-refractivity contribution >= 4 is 19.6 Å². The SMILES string of the molecule is COC(=O)c1ccc(OBOc2ccc(C(=O)OC)c(F)c2F)c(F)c1F. The summed E-state index contributed by atoms with van der Waals surface area (Å²) in [6.07, 6.45) is 0. The van der Waals surface area contributed by atoms with Crippen molar-refractivity contribution in [2.75, 3.05) is 14.2 Å². The fraction of sp³-hybridized carbons (Fsp3) is 0.125. The number of benzene rings is 2. The van der Waals surface area contributed by atoms with E-state index in [0.717, 1.165) is 38.5 Å². The molecule has 0 aromatic heterocycles. The Labute approximate surface area is 150 Å². The summed E-state index contributed by atoms with van der Waals surface area (Å²) in [7, 11) is 1.18. The second kappa shape index (κ2) is 8.43. The van der Waals surface area contributed by atoms with Crippen LogP contribution in [0, 0.1) is 23.3 Å². The first-order valence-corrected chi connectivity index (χ1v) is 7.20. The Bertz CT molecular complexity index is 818. The van der Waals surface area contributed by atoms with Gasteiger partial charge in [0.15, 0.2) is 23.3 Å². The van der Waals surface area contributed by atoms with Crippen molar-refractivity contribution in [2.45, 2.75) is 0 Å². The smallest absolute Gasteiger partial charge is 0.526 e. The van der Waals surface area contributed by atoms with Crippen LogP contribution in [-0.4, -0.2) is 33.8 Å². The highest BCUT2D eigenvalue weighted by atomic mass is 19.2. The number of methoxy groups -OCH3 is 2. The average molecular weight is 386 g/mol. The molecule has 0 fully saturated rings. The van der Waals surface area contributed by atoms with Gasteiger partial charge in [-0.3, -0.25) is 0 Å². The van der Waals surface area contributed by atoms with E-state index in [9.17, 15) is 27.2 Å². The van der Waals surface area contributed by atoms with E-state index >= 15 is 0 Å². The summed E-state index contributed by atoms with van der Waals surface area (Å²) in [5.41, 5.74) is -1.29. The molecular formula is C16H11BF4O6. The van der Waals surface area contributed by atoms with Gasteiger partial charge in [-0.2, -0.15) is 8.78 Å². The molecule has 0 saturated heterocycles. The Hall–Kier alpha value is -3.24. The third-order valence-corrected chi connectivity index (χ3v) is 3.33. The van der Waals surface area contributed by atoms with Crippen LogP contribution in [0.5, 0.6) is 11.5 Å². The molecule has 2 aromatic rings. The highest BCUT2D eigenvalue weighted by molar-refractivity contribution is 6.20. The number of hydrogen-bond acceptors (Lipinski definition) is 6. The maximum Gasteiger partial charge on any atom is 0.576 e. The number of ether oxygens (including phenoxy) is 2. The third-order valence-electron chi connectivity index (χ3n) is 3.33. The quantitative estimate of drug-likeness (QED) is 0.432. The van der Waals surface area contributed by atoms with Crippen molar-refractivity contribution in [3.05, 3.63) is 58.7 Å². The Kier molecular flexibility index (Phi) is 6.27. The van der Waals surface area contributed by atoms with Gasteiger partial charge in [-0.05, 0) is 24.3 Å². The van der Waals surface area contributed by atoms with Crippen molar-refractivity contribution in [1.29, 1.82) is 0 Å².